The van der Waals surface area contributed by atoms with Gasteiger partial charge in [0.05, 0.1) is 18.5 Å². The van der Waals surface area contributed by atoms with Gasteiger partial charge in [-0.15, -0.1) is 0 Å². The maximum Gasteiger partial charge on any atom is 0.261 e. The maximum absolute atomic E-state index is 7.35. The first-order valence-corrected chi connectivity index (χ1v) is 12.8. The Bertz CT molecular complexity index is 861. The minimum atomic E-state index is -2.59. The topological polar surface area (TPSA) is 31.6 Å². The van der Waals surface area contributed by atoms with Gasteiger partial charge >= 0.3 is 0 Å². The van der Waals surface area contributed by atoms with E-state index in [1.54, 1.807) is 6.26 Å². The molecule has 1 aromatic heterocycles. The molecule has 4 heteroatoms. The predicted molar refractivity (Wildman–Crippen MR) is 124 cm³/mol. The minimum Gasteiger partial charge on any atom is -0.469 e. The van der Waals surface area contributed by atoms with Gasteiger partial charge in [-0.3, -0.25) is 0 Å². The van der Waals surface area contributed by atoms with Crippen LogP contribution in [0.4, 0.5) is 0 Å². The number of hydrogen-bond acceptors (Lipinski definition) is 3. The highest BCUT2D eigenvalue weighted by atomic mass is 28.4. The predicted octanol–water partition coefficient (Wildman–Crippen LogP) is 4.95. The molecular formula is C26H32O3Si. The second-order valence-corrected chi connectivity index (χ2v) is 13.4. The third kappa shape index (κ3) is 4.18. The molecule has 158 valence electrons. The van der Waals surface area contributed by atoms with Crippen molar-refractivity contribution in [3.05, 3.63) is 84.8 Å². The zero-order valence-electron chi connectivity index (χ0n) is 18.2. The fourth-order valence-corrected chi connectivity index (χ4v) is 9.42. The molecule has 0 aliphatic carbocycles. The Morgan fingerprint density at radius 2 is 1.53 bits per heavy atom. The van der Waals surface area contributed by atoms with Crippen molar-refractivity contribution >= 4 is 18.7 Å². The van der Waals surface area contributed by atoms with E-state index in [9.17, 15) is 0 Å². The quantitative estimate of drug-likeness (QED) is 0.529. The molecule has 0 saturated carbocycles. The lowest BCUT2D eigenvalue weighted by atomic mass is 10.0. The van der Waals surface area contributed by atoms with Crippen molar-refractivity contribution in [2.24, 2.45) is 0 Å². The van der Waals surface area contributed by atoms with Crippen LogP contribution < -0.4 is 10.4 Å². The Morgan fingerprint density at radius 3 is 2.07 bits per heavy atom. The third-order valence-corrected chi connectivity index (χ3v) is 11.2. The number of ether oxygens (including phenoxy) is 1. The zero-order valence-corrected chi connectivity index (χ0v) is 19.2. The molecule has 2 heterocycles. The molecule has 30 heavy (non-hydrogen) atoms. The van der Waals surface area contributed by atoms with Gasteiger partial charge in [0.2, 0.25) is 0 Å². The second kappa shape index (κ2) is 8.92. The van der Waals surface area contributed by atoms with Gasteiger partial charge in [-0.05, 0) is 40.4 Å². The van der Waals surface area contributed by atoms with Gasteiger partial charge in [0.25, 0.3) is 8.32 Å². The molecule has 0 N–H and O–H groups in total. The first-order chi connectivity index (χ1) is 14.5. The Morgan fingerprint density at radius 1 is 0.900 bits per heavy atom. The van der Waals surface area contributed by atoms with Crippen LogP contribution in [0, 0.1) is 0 Å². The normalized spacial score (nSPS) is 20.2. The summed E-state index contributed by atoms with van der Waals surface area (Å²) in [4.78, 5) is 0. The van der Waals surface area contributed by atoms with Crippen LogP contribution in [-0.4, -0.2) is 27.1 Å². The molecule has 2 aromatic carbocycles. The van der Waals surface area contributed by atoms with E-state index in [2.05, 4.69) is 81.4 Å². The van der Waals surface area contributed by atoms with Gasteiger partial charge in [-0.25, -0.2) is 0 Å². The van der Waals surface area contributed by atoms with E-state index < -0.39 is 8.32 Å². The van der Waals surface area contributed by atoms with Crippen molar-refractivity contribution in [1.82, 2.24) is 0 Å². The van der Waals surface area contributed by atoms with Crippen LogP contribution in [0.2, 0.25) is 5.04 Å². The van der Waals surface area contributed by atoms with Crippen molar-refractivity contribution in [1.29, 1.82) is 0 Å². The van der Waals surface area contributed by atoms with Crippen LogP contribution in [0.15, 0.2) is 83.5 Å². The van der Waals surface area contributed by atoms with Crippen molar-refractivity contribution < 1.29 is 13.6 Å². The summed E-state index contributed by atoms with van der Waals surface area (Å²) in [6, 6.07) is 25.6. The van der Waals surface area contributed by atoms with Crippen LogP contribution in [0.3, 0.4) is 0 Å². The SMILES string of the molecule is CC(C)(C)[Si](O[C@H]1CCCO[C@@H]1Cc1ccco1)(c1ccccc1)c1ccccc1. The smallest absolute Gasteiger partial charge is 0.261 e. The van der Waals surface area contributed by atoms with Crippen molar-refractivity contribution in [2.75, 3.05) is 6.61 Å². The Balaban J connectivity index is 1.77. The zero-order chi connectivity index (χ0) is 21.0. The first kappa shape index (κ1) is 21.1. The monoisotopic (exact) mass is 420 g/mol. The van der Waals surface area contributed by atoms with Crippen LogP contribution >= 0.6 is 0 Å². The fraction of sp³-hybridized carbons (Fsp3) is 0.385. The highest BCUT2D eigenvalue weighted by molar-refractivity contribution is 6.99. The first-order valence-electron chi connectivity index (χ1n) is 10.9. The van der Waals surface area contributed by atoms with E-state index in [-0.39, 0.29) is 17.2 Å². The molecule has 0 spiro atoms. The molecule has 0 bridgehead atoms. The van der Waals surface area contributed by atoms with Gasteiger partial charge in [-0.2, -0.15) is 0 Å². The van der Waals surface area contributed by atoms with Crippen LogP contribution in [0.5, 0.6) is 0 Å². The molecule has 2 atom stereocenters. The van der Waals surface area contributed by atoms with Crippen LogP contribution in [0.25, 0.3) is 0 Å². The lowest BCUT2D eigenvalue weighted by molar-refractivity contribution is -0.0671. The summed E-state index contributed by atoms with van der Waals surface area (Å²) < 4.78 is 19.2. The average molecular weight is 421 g/mol. The number of furan rings is 1. The highest BCUT2D eigenvalue weighted by Crippen LogP contribution is 2.39. The summed E-state index contributed by atoms with van der Waals surface area (Å²) >= 11 is 0. The summed E-state index contributed by atoms with van der Waals surface area (Å²) in [6.45, 7) is 7.76. The lowest BCUT2D eigenvalue weighted by Crippen LogP contribution is -2.68. The van der Waals surface area contributed by atoms with E-state index in [0.717, 1.165) is 31.6 Å². The van der Waals surface area contributed by atoms with Gasteiger partial charge in [0.1, 0.15) is 5.76 Å². The van der Waals surface area contributed by atoms with Gasteiger partial charge in [0, 0.05) is 13.0 Å². The fourth-order valence-electron chi connectivity index (χ4n) is 4.68. The largest absolute Gasteiger partial charge is 0.469 e. The Kier molecular flexibility index (Phi) is 6.28. The standard InChI is InChI=1S/C26H32O3Si/c1-26(2,3)30(22-13-6-4-7-14-22,23-15-8-5-9-16-23)29-24-17-11-19-28-25(24)20-21-12-10-18-27-21/h4-10,12-16,18,24-25H,11,17,19-20H2,1-3H3/t24-,25+/m0/s1. The molecule has 1 saturated heterocycles. The van der Waals surface area contributed by atoms with E-state index in [0.29, 0.717) is 0 Å². The summed E-state index contributed by atoms with van der Waals surface area (Å²) in [6.07, 6.45) is 4.56. The molecule has 1 aliphatic rings. The number of hydrogen-bond donors (Lipinski definition) is 0. The van der Waals surface area contributed by atoms with Crippen molar-refractivity contribution in [2.45, 2.75) is 57.3 Å². The van der Waals surface area contributed by atoms with Crippen molar-refractivity contribution in [3.8, 4) is 0 Å². The van der Waals surface area contributed by atoms with Crippen LogP contribution in [0.1, 0.15) is 39.4 Å². The maximum atomic E-state index is 7.35. The molecular weight excluding hydrogens is 388 g/mol. The number of rotatable bonds is 6. The van der Waals surface area contributed by atoms with E-state index in [1.807, 2.05) is 12.1 Å². The van der Waals surface area contributed by atoms with Crippen molar-refractivity contribution in [3.63, 3.8) is 0 Å². The average Bonchev–Trinajstić information content (AvgIpc) is 3.27. The highest BCUT2D eigenvalue weighted by Gasteiger charge is 2.52. The minimum absolute atomic E-state index is 0.00606. The van der Waals surface area contributed by atoms with Gasteiger partial charge in [-0.1, -0.05) is 81.4 Å². The van der Waals surface area contributed by atoms with E-state index in [4.69, 9.17) is 13.6 Å². The number of benzene rings is 2. The molecule has 1 aliphatic heterocycles. The molecule has 4 rings (SSSR count). The second-order valence-electron chi connectivity index (χ2n) is 9.15. The summed E-state index contributed by atoms with van der Waals surface area (Å²) in [5.41, 5.74) is 0. The summed E-state index contributed by atoms with van der Waals surface area (Å²) in [7, 11) is -2.59. The molecule has 3 nitrogen and oxygen atoms in total. The molecule has 1 fully saturated rings. The third-order valence-electron chi connectivity index (χ3n) is 6.11. The van der Waals surface area contributed by atoms with Crippen LogP contribution in [-0.2, 0) is 15.6 Å². The Labute approximate surface area is 181 Å². The van der Waals surface area contributed by atoms with E-state index >= 15 is 0 Å². The summed E-state index contributed by atoms with van der Waals surface area (Å²) in [5, 5.41) is 2.58. The van der Waals surface area contributed by atoms with Gasteiger partial charge < -0.3 is 13.6 Å². The summed E-state index contributed by atoms with van der Waals surface area (Å²) in [5.74, 6) is 0.956. The lowest BCUT2D eigenvalue weighted by Gasteiger charge is -2.47. The molecule has 0 unspecified atom stereocenters. The molecule has 3 aromatic rings. The molecule has 0 radical (unpaired) electrons. The Hall–Kier alpha value is -2.14. The van der Waals surface area contributed by atoms with E-state index in [1.165, 1.54) is 10.4 Å². The molecule has 0 amide bonds. The van der Waals surface area contributed by atoms with Gasteiger partial charge in [0.15, 0.2) is 0 Å².